The number of carbonyl (C=O) groups is 1. The second-order valence-electron chi connectivity index (χ2n) is 7.56. The minimum atomic E-state index is -3.45. The van der Waals surface area contributed by atoms with Crippen LogP contribution in [0, 0.1) is 0 Å². The van der Waals surface area contributed by atoms with Gasteiger partial charge in [-0.3, -0.25) is 4.79 Å². The zero-order valence-corrected chi connectivity index (χ0v) is 17.9. The summed E-state index contributed by atoms with van der Waals surface area (Å²) in [6.07, 6.45) is 0.848. The molecule has 0 heterocycles. The Bertz CT molecular complexity index is 920. The van der Waals surface area contributed by atoms with E-state index in [0.29, 0.717) is 12.1 Å². The molecule has 7 heteroatoms. The van der Waals surface area contributed by atoms with Crippen molar-refractivity contribution in [2.45, 2.75) is 44.2 Å². The van der Waals surface area contributed by atoms with Gasteiger partial charge in [0.2, 0.25) is 10.0 Å². The van der Waals surface area contributed by atoms with Crippen LogP contribution in [0.5, 0.6) is 0 Å². The number of anilines is 1. The van der Waals surface area contributed by atoms with Gasteiger partial charge in [-0.25, -0.2) is 12.7 Å². The van der Waals surface area contributed by atoms with Gasteiger partial charge < -0.3 is 10.6 Å². The van der Waals surface area contributed by atoms with Crippen LogP contribution in [0.3, 0.4) is 0 Å². The molecule has 0 saturated heterocycles. The first-order chi connectivity index (χ1) is 13.0. The van der Waals surface area contributed by atoms with Gasteiger partial charge in [-0.2, -0.15) is 0 Å². The number of carbonyl (C=O) groups excluding carboxylic acids is 1. The van der Waals surface area contributed by atoms with E-state index in [1.165, 1.54) is 18.4 Å². The van der Waals surface area contributed by atoms with Gasteiger partial charge in [0.25, 0.3) is 5.91 Å². The summed E-state index contributed by atoms with van der Waals surface area (Å²) in [6, 6.07) is 14.1. The van der Waals surface area contributed by atoms with E-state index >= 15 is 0 Å². The van der Waals surface area contributed by atoms with Crippen molar-refractivity contribution >= 4 is 21.6 Å². The first-order valence-electron chi connectivity index (χ1n) is 9.23. The average Bonchev–Trinajstić information content (AvgIpc) is 2.66. The molecular weight excluding hydrogens is 374 g/mol. The average molecular weight is 404 g/mol. The van der Waals surface area contributed by atoms with Crippen LogP contribution in [-0.4, -0.2) is 38.3 Å². The Morgan fingerprint density at radius 2 is 1.71 bits per heavy atom. The van der Waals surface area contributed by atoms with Crippen molar-refractivity contribution in [3.63, 3.8) is 0 Å². The quantitative estimate of drug-likeness (QED) is 0.707. The van der Waals surface area contributed by atoms with Gasteiger partial charge in [-0.1, -0.05) is 19.1 Å². The van der Waals surface area contributed by atoms with Crippen LogP contribution >= 0.6 is 0 Å². The zero-order valence-electron chi connectivity index (χ0n) is 17.1. The van der Waals surface area contributed by atoms with E-state index in [9.17, 15) is 13.2 Å². The van der Waals surface area contributed by atoms with E-state index < -0.39 is 10.0 Å². The van der Waals surface area contributed by atoms with E-state index in [-0.39, 0.29) is 16.3 Å². The van der Waals surface area contributed by atoms with Crippen molar-refractivity contribution in [2.75, 3.05) is 19.4 Å². The molecule has 152 valence electrons. The molecule has 0 aromatic heterocycles. The molecule has 0 bridgehead atoms. The van der Waals surface area contributed by atoms with Crippen molar-refractivity contribution < 1.29 is 13.2 Å². The third kappa shape index (κ3) is 5.56. The summed E-state index contributed by atoms with van der Waals surface area (Å²) < 4.78 is 25.7. The van der Waals surface area contributed by atoms with E-state index in [2.05, 4.69) is 10.6 Å². The molecule has 6 nitrogen and oxygen atoms in total. The van der Waals surface area contributed by atoms with Crippen molar-refractivity contribution in [3.8, 4) is 0 Å². The number of sulfonamides is 1. The van der Waals surface area contributed by atoms with Crippen LogP contribution in [0.2, 0.25) is 0 Å². The number of benzene rings is 2. The summed E-state index contributed by atoms with van der Waals surface area (Å²) in [5.74, 6) is -0.0972. The highest BCUT2D eigenvalue weighted by Gasteiger charge is 2.19. The van der Waals surface area contributed by atoms with Crippen molar-refractivity contribution in [3.05, 3.63) is 59.7 Å². The predicted molar refractivity (Wildman–Crippen MR) is 113 cm³/mol. The van der Waals surface area contributed by atoms with Crippen molar-refractivity contribution in [1.82, 2.24) is 9.62 Å². The first-order valence-corrected chi connectivity index (χ1v) is 10.7. The third-order valence-electron chi connectivity index (χ3n) is 4.66. The number of rotatable bonds is 8. The summed E-state index contributed by atoms with van der Waals surface area (Å²) in [7, 11) is -0.427. The van der Waals surface area contributed by atoms with Crippen LogP contribution in [0.15, 0.2) is 53.4 Å². The largest absolute Gasteiger partial charge is 0.381 e. The fourth-order valence-corrected chi connectivity index (χ4v) is 3.41. The van der Waals surface area contributed by atoms with E-state index in [4.69, 9.17) is 0 Å². The Morgan fingerprint density at radius 1 is 1.07 bits per heavy atom. The molecule has 0 aliphatic carbocycles. The Hall–Kier alpha value is -2.38. The number of nitrogens with one attached hydrogen (secondary N) is 2. The maximum Gasteiger partial charge on any atom is 0.251 e. The summed E-state index contributed by atoms with van der Waals surface area (Å²) in [5, 5.41) is 6.26. The SMILES string of the molecule is CCC(C)(C)NC(=O)c1ccc(NCc2cccc(S(=O)(=O)N(C)C)c2)cc1. The molecule has 2 N–H and O–H groups in total. The number of amides is 1. The first kappa shape index (κ1) is 21.9. The molecule has 0 fully saturated rings. The lowest BCUT2D eigenvalue weighted by molar-refractivity contribution is 0.0911. The fourth-order valence-electron chi connectivity index (χ4n) is 2.44. The summed E-state index contributed by atoms with van der Waals surface area (Å²) in [4.78, 5) is 12.6. The molecule has 0 aliphatic rings. The predicted octanol–water partition coefficient (Wildman–Crippen LogP) is 3.47. The molecule has 28 heavy (non-hydrogen) atoms. The molecule has 2 rings (SSSR count). The second-order valence-corrected chi connectivity index (χ2v) is 9.71. The fraction of sp³-hybridized carbons (Fsp3) is 0.381. The third-order valence-corrected chi connectivity index (χ3v) is 6.47. The lowest BCUT2D eigenvalue weighted by atomic mass is 10.0. The van der Waals surface area contributed by atoms with Gasteiger partial charge in [-0.05, 0) is 62.2 Å². The van der Waals surface area contributed by atoms with Crippen LogP contribution < -0.4 is 10.6 Å². The van der Waals surface area contributed by atoms with Crippen LogP contribution in [-0.2, 0) is 16.6 Å². The van der Waals surface area contributed by atoms with E-state index in [1.807, 2.05) is 39.0 Å². The molecule has 0 atom stereocenters. The van der Waals surface area contributed by atoms with Gasteiger partial charge in [-0.15, -0.1) is 0 Å². The van der Waals surface area contributed by atoms with Crippen LogP contribution in [0.4, 0.5) is 5.69 Å². The molecule has 1 amide bonds. The second kappa shape index (κ2) is 8.75. The Labute approximate surface area is 168 Å². The van der Waals surface area contributed by atoms with Crippen molar-refractivity contribution in [1.29, 1.82) is 0 Å². The maximum atomic E-state index is 12.3. The zero-order chi connectivity index (χ0) is 20.9. The smallest absolute Gasteiger partial charge is 0.251 e. The molecular formula is C21H29N3O3S. The monoisotopic (exact) mass is 403 g/mol. The Morgan fingerprint density at radius 3 is 2.29 bits per heavy atom. The lowest BCUT2D eigenvalue weighted by Gasteiger charge is -2.24. The topological polar surface area (TPSA) is 78.5 Å². The standard InChI is InChI=1S/C21H29N3O3S/c1-6-21(2,3)23-20(25)17-10-12-18(13-11-17)22-15-16-8-7-9-19(14-16)28(26,27)24(4)5/h7-14,22H,6,15H2,1-5H3,(H,23,25). The van der Waals surface area contributed by atoms with Crippen LogP contribution in [0.1, 0.15) is 43.1 Å². The van der Waals surface area contributed by atoms with Gasteiger partial charge in [0, 0.05) is 37.4 Å². The molecule has 0 saturated carbocycles. The molecule has 0 unspecified atom stereocenters. The van der Waals surface area contributed by atoms with Gasteiger partial charge >= 0.3 is 0 Å². The summed E-state index contributed by atoms with van der Waals surface area (Å²) >= 11 is 0. The minimum Gasteiger partial charge on any atom is -0.381 e. The van der Waals surface area contributed by atoms with Crippen LogP contribution in [0.25, 0.3) is 0 Å². The van der Waals surface area contributed by atoms with Crippen molar-refractivity contribution in [2.24, 2.45) is 0 Å². The molecule has 2 aromatic rings. The highest BCUT2D eigenvalue weighted by Crippen LogP contribution is 2.17. The highest BCUT2D eigenvalue weighted by molar-refractivity contribution is 7.89. The highest BCUT2D eigenvalue weighted by atomic mass is 32.2. The summed E-state index contributed by atoms with van der Waals surface area (Å²) in [6.45, 7) is 6.49. The number of hydrogen-bond acceptors (Lipinski definition) is 4. The van der Waals surface area contributed by atoms with E-state index in [0.717, 1.165) is 17.7 Å². The van der Waals surface area contributed by atoms with Gasteiger partial charge in [0.15, 0.2) is 0 Å². The number of hydrogen-bond donors (Lipinski definition) is 2. The minimum absolute atomic E-state index is 0.0972. The molecule has 0 radical (unpaired) electrons. The Kier molecular flexibility index (Phi) is 6.85. The number of nitrogens with zero attached hydrogens (tertiary/aromatic N) is 1. The van der Waals surface area contributed by atoms with E-state index in [1.54, 1.807) is 30.3 Å². The molecule has 2 aromatic carbocycles. The normalized spacial score (nSPS) is 12.1. The maximum absolute atomic E-state index is 12.3. The molecule has 0 aliphatic heterocycles. The molecule has 0 spiro atoms. The lowest BCUT2D eigenvalue weighted by Crippen LogP contribution is -2.42. The van der Waals surface area contributed by atoms with Gasteiger partial charge in [0.05, 0.1) is 4.90 Å². The summed E-state index contributed by atoms with van der Waals surface area (Å²) in [5.41, 5.74) is 2.07. The Balaban J connectivity index is 2.03. The van der Waals surface area contributed by atoms with Gasteiger partial charge in [0.1, 0.15) is 0 Å².